The zero-order valence-corrected chi connectivity index (χ0v) is 8.55. The van der Waals surface area contributed by atoms with E-state index in [9.17, 15) is 9.90 Å². The number of likely N-dealkylation sites (tertiary alicyclic amines) is 1. The summed E-state index contributed by atoms with van der Waals surface area (Å²) in [5, 5.41) is 9.22. The number of hydrogen-bond donors (Lipinski definition) is 1. The molecule has 1 rings (SSSR count). The van der Waals surface area contributed by atoms with Gasteiger partial charge in [-0.2, -0.15) is 0 Å². The third-order valence-corrected chi connectivity index (χ3v) is 3.10. The molecule has 1 atom stereocenters. The Morgan fingerprint density at radius 3 is 2.69 bits per heavy atom. The third kappa shape index (κ3) is 1.70. The average molecular weight is 185 g/mol. The van der Waals surface area contributed by atoms with Crippen LogP contribution in [0, 0.1) is 0 Å². The number of aliphatic carboxylic acids is 1. The maximum Gasteiger partial charge on any atom is 0.324 e. The van der Waals surface area contributed by atoms with Crippen LogP contribution >= 0.6 is 0 Å². The molecule has 13 heavy (non-hydrogen) atoms. The van der Waals surface area contributed by atoms with Gasteiger partial charge in [-0.1, -0.05) is 13.8 Å². The predicted octanol–water partition coefficient (Wildman–Crippen LogP) is 1.73. The molecule has 1 unspecified atom stereocenters. The van der Waals surface area contributed by atoms with Crippen molar-refractivity contribution in [2.45, 2.75) is 45.1 Å². The molecule has 1 fully saturated rings. The van der Waals surface area contributed by atoms with Crippen molar-refractivity contribution < 1.29 is 9.90 Å². The monoisotopic (exact) mass is 185 g/mol. The fourth-order valence-corrected chi connectivity index (χ4v) is 2.32. The van der Waals surface area contributed by atoms with Crippen LogP contribution in [0.1, 0.15) is 39.5 Å². The van der Waals surface area contributed by atoms with Crippen LogP contribution in [-0.4, -0.2) is 34.6 Å². The first-order valence-electron chi connectivity index (χ1n) is 5.16. The van der Waals surface area contributed by atoms with Crippen LogP contribution in [-0.2, 0) is 4.79 Å². The Hall–Kier alpha value is -0.570. The minimum Gasteiger partial charge on any atom is -0.480 e. The number of carboxylic acid groups (broad SMARTS) is 1. The second kappa shape index (κ2) is 4.09. The second-order valence-electron chi connectivity index (χ2n) is 3.78. The molecule has 76 valence electrons. The van der Waals surface area contributed by atoms with Gasteiger partial charge in [-0.3, -0.25) is 9.69 Å². The normalized spacial score (nSPS) is 29.4. The van der Waals surface area contributed by atoms with Crippen LogP contribution in [0.5, 0.6) is 0 Å². The van der Waals surface area contributed by atoms with Crippen molar-refractivity contribution in [3.05, 3.63) is 0 Å². The second-order valence-corrected chi connectivity index (χ2v) is 3.78. The summed E-state index contributed by atoms with van der Waals surface area (Å²) in [7, 11) is 0. The molecule has 1 N–H and O–H groups in total. The van der Waals surface area contributed by atoms with Gasteiger partial charge >= 0.3 is 5.97 Å². The highest BCUT2D eigenvalue weighted by atomic mass is 16.4. The number of rotatable bonds is 4. The molecule has 0 saturated carbocycles. The maximum atomic E-state index is 11.2. The summed E-state index contributed by atoms with van der Waals surface area (Å²) in [5.74, 6) is -0.638. The van der Waals surface area contributed by atoms with Gasteiger partial charge in [-0.25, -0.2) is 0 Å². The molecule has 1 aliphatic heterocycles. The van der Waals surface area contributed by atoms with Crippen LogP contribution in [0.15, 0.2) is 0 Å². The van der Waals surface area contributed by atoms with Crippen molar-refractivity contribution in [3.63, 3.8) is 0 Å². The van der Waals surface area contributed by atoms with Gasteiger partial charge in [0.05, 0.1) is 0 Å². The van der Waals surface area contributed by atoms with Crippen molar-refractivity contribution in [2.75, 3.05) is 13.1 Å². The van der Waals surface area contributed by atoms with Gasteiger partial charge in [0.15, 0.2) is 0 Å². The summed E-state index contributed by atoms with van der Waals surface area (Å²) < 4.78 is 0. The molecule has 3 nitrogen and oxygen atoms in total. The van der Waals surface area contributed by atoms with Crippen LogP contribution in [0.2, 0.25) is 0 Å². The van der Waals surface area contributed by atoms with Crippen LogP contribution in [0.3, 0.4) is 0 Å². The molecule has 0 aliphatic carbocycles. The Kier molecular flexibility index (Phi) is 3.31. The Balaban J connectivity index is 2.77. The summed E-state index contributed by atoms with van der Waals surface area (Å²) in [6, 6.07) is 0. The lowest BCUT2D eigenvalue weighted by Crippen LogP contribution is -2.50. The quantitative estimate of drug-likeness (QED) is 0.725. The molecule has 0 aromatic carbocycles. The standard InChI is InChI=1S/C10H19NO2/c1-3-7-11-8-5-6-10(11,4-2)9(12)13/h3-8H2,1-2H3,(H,12,13). The van der Waals surface area contributed by atoms with Crippen LogP contribution in [0.25, 0.3) is 0 Å². The van der Waals surface area contributed by atoms with Gasteiger partial charge < -0.3 is 5.11 Å². The van der Waals surface area contributed by atoms with E-state index >= 15 is 0 Å². The lowest BCUT2D eigenvalue weighted by molar-refractivity contribution is -0.150. The Morgan fingerprint density at radius 1 is 1.54 bits per heavy atom. The molecule has 1 aliphatic rings. The first-order chi connectivity index (χ1) is 6.17. The summed E-state index contributed by atoms with van der Waals surface area (Å²) in [5.41, 5.74) is -0.546. The van der Waals surface area contributed by atoms with Crippen molar-refractivity contribution in [1.82, 2.24) is 4.90 Å². The molecule has 0 amide bonds. The smallest absolute Gasteiger partial charge is 0.324 e. The summed E-state index contributed by atoms with van der Waals surface area (Å²) >= 11 is 0. The Bertz CT molecular complexity index is 193. The predicted molar refractivity (Wildman–Crippen MR) is 51.8 cm³/mol. The van der Waals surface area contributed by atoms with E-state index in [2.05, 4.69) is 11.8 Å². The van der Waals surface area contributed by atoms with Crippen molar-refractivity contribution in [2.24, 2.45) is 0 Å². The van der Waals surface area contributed by atoms with E-state index in [1.165, 1.54) is 0 Å². The molecule has 0 spiro atoms. The van der Waals surface area contributed by atoms with Gasteiger partial charge in [0.1, 0.15) is 5.54 Å². The lowest BCUT2D eigenvalue weighted by Gasteiger charge is -2.33. The number of hydrogen-bond acceptors (Lipinski definition) is 2. The highest BCUT2D eigenvalue weighted by Gasteiger charge is 2.45. The molecular weight excluding hydrogens is 166 g/mol. The number of nitrogens with zero attached hydrogens (tertiary/aromatic N) is 1. The number of carboxylic acids is 1. The molecule has 0 aromatic heterocycles. The van der Waals surface area contributed by atoms with Gasteiger partial charge in [0, 0.05) is 0 Å². The third-order valence-electron chi connectivity index (χ3n) is 3.10. The highest BCUT2D eigenvalue weighted by molar-refractivity contribution is 5.79. The average Bonchev–Trinajstić information content (AvgIpc) is 2.49. The van der Waals surface area contributed by atoms with Crippen LogP contribution in [0.4, 0.5) is 0 Å². The minimum atomic E-state index is -0.638. The van der Waals surface area contributed by atoms with Gasteiger partial charge in [-0.15, -0.1) is 0 Å². The van der Waals surface area contributed by atoms with E-state index in [0.29, 0.717) is 0 Å². The Morgan fingerprint density at radius 2 is 2.23 bits per heavy atom. The molecule has 0 radical (unpaired) electrons. The molecule has 1 saturated heterocycles. The fourth-order valence-electron chi connectivity index (χ4n) is 2.32. The largest absolute Gasteiger partial charge is 0.480 e. The van der Waals surface area contributed by atoms with E-state index in [4.69, 9.17) is 0 Å². The van der Waals surface area contributed by atoms with E-state index < -0.39 is 11.5 Å². The molecule has 0 aromatic rings. The zero-order valence-electron chi connectivity index (χ0n) is 8.55. The Labute approximate surface area is 79.7 Å². The van der Waals surface area contributed by atoms with Gasteiger partial charge in [-0.05, 0) is 38.8 Å². The highest BCUT2D eigenvalue weighted by Crippen LogP contribution is 2.32. The summed E-state index contributed by atoms with van der Waals surface area (Å²) in [4.78, 5) is 13.3. The van der Waals surface area contributed by atoms with E-state index in [-0.39, 0.29) is 0 Å². The van der Waals surface area contributed by atoms with Crippen molar-refractivity contribution in [1.29, 1.82) is 0 Å². The van der Waals surface area contributed by atoms with E-state index in [1.807, 2.05) is 6.92 Å². The number of carbonyl (C=O) groups is 1. The van der Waals surface area contributed by atoms with Gasteiger partial charge in [0.25, 0.3) is 0 Å². The first-order valence-corrected chi connectivity index (χ1v) is 5.16. The first kappa shape index (κ1) is 10.5. The fraction of sp³-hybridized carbons (Fsp3) is 0.900. The lowest BCUT2D eigenvalue weighted by atomic mass is 9.93. The van der Waals surface area contributed by atoms with Crippen molar-refractivity contribution in [3.8, 4) is 0 Å². The summed E-state index contributed by atoms with van der Waals surface area (Å²) in [6.07, 6.45) is 3.61. The van der Waals surface area contributed by atoms with E-state index in [1.54, 1.807) is 0 Å². The molecular formula is C10H19NO2. The maximum absolute atomic E-state index is 11.2. The SMILES string of the molecule is CCCN1CCCC1(CC)C(=O)O. The van der Waals surface area contributed by atoms with Crippen molar-refractivity contribution >= 4 is 5.97 Å². The minimum absolute atomic E-state index is 0.546. The molecule has 1 heterocycles. The summed E-state index contributed by atoms with van der Waals surface area (Å²) in [6.45, 7) is 5.94. The van der Waals surface area contributed by atoms with Crippen LogP contribution < -0.4 is 0 Å². The van der Waals surface area contributed by atoms with Gasteiger partial charge in [0.2, 0.25) is 0 Å². The topological polar surface area (TPSA) is 40.5 Å². The van der Waals surface area contributed by atoms with E-state index in [0.717, 1.165) is 38.8 Å². The molecule has 0 bridgehead atoms. The molecule has 3 heteroatoms. The zero-order chi connectivity index (χ0) is 9.90.